The summed E-state index contributed by atoms with van der Waals surface area (Å²) in [7, 11) is 3.76. The number of hydrogen-bond acceptors (Lipinski definition) is 3. The number of likely N-dealkylation sites (N-methyl/N-ethyl adjacent to an activating group) is 1. The molecule has 1 atom stereocenters. The maximum atomic E-state index is 11.6. The zero-order valence-electron chi connectivity index (χ0n) is 11.8. The lowest BCUT2D eigenvalue weighted by molar-refractivity contribution is 0.0360. The van der Waals surface area contributed by atoms with Crippen LogP contribution in [0.5, 0.6) is 0 Å². The highest BCUT2D eigenvalue weighted by Gasteiger charge is 2.21. The van der Waals surface area contributed by atoms with E-state index in [1.54, 1.807) is 6.92 Å². The van der Waals surface area contributed by atoms with Crippen LogP contribution in [0.3, 0.4) is 0 Å². The first-order valence-electron chi connectivity index (χ1n) is 6.32. The molecule has 5 heteroatoms. The SMILES string of the molecule is CN(C)CC(C)(O)CNC(=O)NCc1ccccc1. The first-order valence-corrected chi connectivity index (χ1v) is 6.32. The summed E-state index contributed by atoms with van der Waals surface area (Å²) in [5.74, 6) is 0. The molecular formula is C14H23N3O2. The molecule has 0 bridgehead atoms. The molecule has 0 aliphatic rings. The summed E-state index contributed by atoms with van der Waals surface area (Å²) in [6.45, 7) is 2.88. The fourth-order valence-electron chi connectivity index (χ4n) is 1.85. The van der Waals surface area contributed by atoms with E-state index in [0.29, 0.717) is 13.1 Å². The van der Waals surface area contributed by atoms with Crippen LogP contribution in [0.15, 0.2) is 30.3 Å². The molecule has 1 rings (SSSR count). The number of nitrogens with one attached hydrogen (secondary N) is 2. The van der Waals surface area contributed by atoms with Crippen molar-refractivity contribution in [2.45, 2.75) is 19.1 Å². The molecule has 0 saturated carbocycles. The highest BCUT2D eigenvalue weighted by molar-refractivity contribution is 5.73. The summed E-state index contributed by atoms with van der Waals surface area (Å²) in [5.41, 5.74) is 0.103. The van der Waals surface area contributed by atoms with Gasteiger partial charge in [-0.25, -0.2) is 4.79 Å². The molecule has 0 heterocycles. The van der Waals surface area contributed by atoms with Crippen molar-refractivity contribution < 1.29 is 9.90 Å². The quantitative estimate of drug-likeness (QED) is 0.713. The Hall–Kier alpha value is -1.59. The van der Waals surface area contributed by atoms with E-state index < -0.39 is 5.60 Å². The van der Waals surface area contributed by atoms with E-state index in [0.717, 1.165) is 5.56 Å². The second kappa shape index (κ2) is 7.11. The first-order chi connectivity index (χ1) is 8.89. The lowest BCUT2D eigenvalue weighted by atomic mass is 10.1. The number of nitrogens with zero attached hydrogens (tertiary/aromatic N) is 1. The van der Waals surface area contributed by atoms with Crippen molar-refractivity contribution in [2.24, 2.45) is 0 Å². The van der Waals surface area contributed by atoms with Gasteiger partial charge in [0, 0.05) is 19.6 Å². The third-order valence-corrected chi connectivity index (χ3v) is 2.58. The number of aliphatic hydroxyl groups is 1. The number of urea groups is 1. The monoisotopic (exact) mass is 265 g/mol. The predicted molar refractivity (Wildman–Crippen MR) is 75.9 cm³/mol. The minimum absolute atomic E-state index is 0.214. The van der Waals surface area contributed by atoms with Gasteiger partial charge in [0.2, 0.25) is 0 Å². The van der Waals surface area contributed by atoms with Gasteiger partial charge < -0.3 is 20.6 Å². The topological polar surface area (TPSA) is 64.6 Å². The number of amides is 2. The number of carbonyl (C=O) groups excluding carboxylic acids is 1. The third kappa shape index (κ3) is 6.79. The average Bonchev–Trinajstić information content (AvgIpc) is 2.34. The van der Waals surface area contributed by atoms with Crippen LogP contribution in [-0.2, 0) is 6.54 Å². The van der Waals surface area contributed by atoms with Gasteiger partial charge in [0.15, 0.2) is 0 Å². The summed E-state index contributed by atoms with van der Waals surface area (Å²) < 4.78 is 0. The Morgan fingerprint density at radius 3 is 2.47 bits per heavy atom. The van der Waals surface area contributed by atoms with Gasteiger partial charge >= 0.3 is 6.03 Å². The Morgan fingerprint density at radius 1 is 1.26 bits per heavy atom. The zero-order valence-corrected chi connectivity index (χ0v) is 11.8. The van der Waals surface area contributed by atoms with E-state index in [1.807, 2.05) is 49.3 Å². The second-order valence-corrected chi connectivity index (χ2v) is 5.26. The fourth-order valence-corrected chi connectivity index (χ4v) is 1.85. The Labute approximate surface area is 114 Å². The second-order valence-electron chi connectivity index (χ2n) is 5.26. The molecule has 0 saturated heterocycles. The van der Waals surface area contributed by atoms with Gasteiger partial charge in [-0.15, -0.1) is 0 Å². The molecule has 1 aromatic carbocycles. The first kappa shape index (κ1) is 15.5. The molecule has 106 valence electrons. The standard InChI is InChI=1S/C14H23N3O2/c1-14(19,11-17(2)3)10-16-13(18)15-9-12-7-5-4-6-8-12/h4-8,19H,9-11H2,1-3H3,(H2,15,16,18). The lowest BCUT2D eigenvalue weighted by Gasteiger charge is -2.27. The van der Waals surface area contributed by atoms with Gasteiger partial charge in [0.05, 0.1) is 5.60 Å². The van der Waals surface area contributed by atoms with Crippen LogP contribution in [0.1, 0.15) is 12.5 Å². The van der Waals surface area contributed by atoms with Gasteiger partial charge in [-0.3, -0.25) is 0 Å². The normalized spacial score (nSPS) is 13.9. The zero-order chi connectivity index (χ0) is 14.3. The summed E-state index contributed by atoms with van der Waals surface area (Å²) >= 11 is 0. The van der Waals surface area contributed by atoms with Crippen LogP contribution in [0.4, 0.5) is 4.79 Å². The Morgan fingerprint density at radius 2 is 1.89 bits per heavy atom. The molecule has 2 amide bonds. The fraction of sp³-hybridized carbons (Fsp3) is 0.500. The average molecular weight is 265 g/mol. The molecule has 1 unspecified atom stereocenters. The number of carbonyl (C=O) groups is 1. The molecular weight excluding hydrogens is 242 g/mol. The van der Waals surface area contributed by atoms with Gasteiger partial charge in [0.1, 0.15) is 0 Å². The van der Waals surface area contributed by atoms with Gasteiger partial charge in [-0.2, -0.15) is 0 Å². The molecule has 19 heavy (non-hydrogen) atoms. The predicted octanol–water partition coefficient (Wildman–Crippen LogP) is 0.798. The molecule has 3 N–H and O–H groups in total. The van der Waals surface area contributed by atoms with Crippen molar-refractivity contribution in [1.82, 2.24) is 15.5 Å². The summed E-state index contributed by atoms with van der Waals surface area (Å²) in [6, 6.07) is 9.41. The smallest absolute Gasteiger partial charge is 0.315 e. The minimum Gasteiger partial charge on any atom is -0.387 e. The number of rotatable bonds is 6. The molecule has 0 aromatic heterocycles. The van der Waals surface area contributed by atoms with Crippen molar-refractivity contribution in [3.8, 4) is 0 Å². The van der Waals surface area contributed by atoms with Crippen LogP contribution in [0, 0.1) is 0 Å². The Balaban J connectivity index is 2.28. The highest BCUT2D eigenvalue weighted by Crippen LogP contribution is 2.02. The maximum absolute atomic E-state index is 11.6. The van der Waals surface area contributed by atoms with Gasteiger partial charge in [-0.1, -0.05) is 30.3 Å². The van der Waals surface area contributed by atoms with Crippen molar-refractivity contribution in [2.75, 3.05) is 27.2 Å². The summed E-state index contributed by atoms with van der Waals surface area (Å²) in [5, 5.41) is 15.5. The van der Waals surface area contributed by atoms with Crippen LogP contribution in [0.25, 0.3) is 0 Å². The third-order valence-electron chi connectivity index (χ3n) is 2.58. The Kier molecular flexibility index (Phi) is 5.79. The van der Waals surface area contributed by atoms with E-state index in [2.05, 4.69) is 10.6 Å². The largest absolute Gasteiger partial charge is 0.387 e. The molecule has 0 aliphatic heterocycles. The lowest BCUT2D eigenvalue weighted by Crippen LogP contribution is -2.49. The van der Waals surface area contributed by atoms with Crippen LogP contribution in [0.2, 0.25) is 0 Å². The van der Waals surface area contributed by atoms with Gasteiger partial charge in [0.25, 0.3) is 0 Å². The summed E-state index contributed by atoms with van der Waals surface area (Å²) in [6.07, 6.45) is 0. The van der Waals surface area contributed by atoms with Crippen LogP contribution < -0.4 is 10.6 Å². The van der Waals surface area contributed by atoms with E-state index in [9.17, 15) is 9.90 Å². The van der Waals surface area contributed by atoms with E-state index >= 15 is 0 Å². The number of hydrogen-bond donors (Lipinski definition) is 3. The van der Waals surface area contributed by atoms with Crippen molar-refractivity contribution in [3.63, 3.8) is 0 Å². The summed E-state index contributed by atoms with van der Waals surface area (Å²) in [4.78, 5) is 13.5. The molecule has 0 spiro atoms. The molecule has 5 nitrogen and oxygen atoms in total. The molecule has 0 aliphatic carbocycles. The van der Waals surface area contributed by atoms with E-state index in [1.165, 1.54) is 0 Å². The van der Waals surface area contributed by atoms with Crippen LogP contribution >= 0.6 is 0 Å². The Bertz CT molecular complexity index is 391. The van der Waals surface area contributed by atoms with Crippen molar-refractivity contribution >= 4 is 6.03 Å². The van der Waals surface area contributed by atoms with E-state index in [4.69, 9.17) is 0 Å². The van der Waals surface area contributed by atoms with E-state index in [-0.39, 0.29) is 12.6 Å². The maximum Gasteiger partial charge on any atom is 0.315 e. The van der Waals surface area contributed by atoms with Crippen LogP contribution in [-0.4, -0.2) is 48.8 Å². The van der Waals surface area contributed by atoms with Crippen molar-refractivity contribution in [1.29, 1.82) is 0 Å². The number of benzene rings is 1. The van der Waals surface area contributed by atoms with Crippen molar-refractivity contribution in [3.05, 3.63) is 35.9 Å². The highest BCUT2D eigenvalue weighted by atomic mass is 16.3. The molecule has 1 aromatic rings. The minimum atomic E-state index is -0.937. The molecule has 0 radical (unpaired) electrons. The van der Waals surface area contributed by atoms with Gasteiger partial charge in [-0.05, 0) is 26.6 Å². The molecule has 0 fully saturated rings.